The van der Waals surface area contributed by atoms with Gasteiger partial charge in [-0.3, -0.25) is 4.90 Å². The molecule has 1 aromatic rings. The van der Waals surface area contributed by atoms with E-state index >= 15 is 0 Å². The van der Waals surface area contributed by atoms with Gasteiger partial charge in [0.05, 0.1) is 0 Å². The largest absolute Gasteiger partial charge is 0.314 e. The molecule has 0 saturated carbocycles. The first-order valence-electron chi connectivity index (χ1n) is 6.87. The van der Waals surface area contributed by atoms with E-state index in [2.05, 4.69) is 37.2 Å². The van der Waals surface area contributed by atoms with Crippen LogP contribution in [0.4, 0.5) is 0 Å². The molecule has 1 fully saturated rings. The van der Waals surface area contributed by atoms with E-state index in [4.69, 9.17) is 23.2 Å². The van der Waals surface area contributed by atoms with Crippen LogP contribution >= 0.6 is 23.2 Å². The van der Waals surface area contributed by atoms with Crippen molar-refractivity contribution in [3.8, 4) is 0 Å². The summed E-state index contributed by atoms with van der Waals surface area (Å²) in [7, 11) is 2.17. The van der Waals surface area contributed by atoms with Crippen LogP contribution in [0.2, 0.25) is 10.0 Å². The van der Waals surface area contributed by atoms with E-state index in [0.717, 1.165) is 18.1 Å². The third kappa shape index (κ3) is 3.63. The zero-order valence-corrected chi connectivity index (χ0v) is 13.3. The first-order chi connectivity index (χ1) is 8.99. The SMILES string of the molecule is CC(C)NCC1CCN(C)C1c1ccc(Cl)cc1Cl. The smallest absolute Gasteiger partial charge is 0.0468 e. The van der Waals surface area contributed by atoms with Gasteiger partial charge in [-0.1, -0.05) is 43.1 Å². The van der Waals surface area contributed by atoms with Crippen molar-refractivity contribution < 1.29 is 0 Å². The summed E-state index contributed by atoms with van der Waals surface area (Å²) in [6, 6.07) is 6.75. The van der Waals surface area contributed by atoms with Crippen molar-refractivity contribution in [3.05, 3.63) is 33.8 Å². The van der Waals surface area contributed by atoms with Crippen LogP contribution in [0.15, 0.2) is 18.2 Å². The van der Waals surface area contributed by atoms with Gasteiger partial charge in [-0.15, -0.1) is 0 Å². The van der Waals surface area contributed by atoms with Crippen molar-refractivity contribution in [1.29, 1.82) is 0 Å². The fraction of sp³-hybridized carbons (Fsp3) is 0.600. The lowest BCUT2D eigenvalue weighted by molar-refractivity contribution is 0.269. The molecule has 0 aromatic heterocycles. The Kier molecular flexibility index (Phi) is 5.13. The number of halogens is 2. The second-order valence-electron chi connectivity index (χ2n) is 5.70. The van der Waals surface area contributed by atoms with E-state index in [0.29, 0.717) is 23.0 Å². The third-order valence-corrected chi connectivity index (χ3v) is 4.41. The van der Waals surface area contributed by atoms with E-state index in [1.807, 2.05) is 12.1 Å². The topological polar surface area (TPSA) is 15.3 Å². The van der Waals surface area contributed by atoms with Gasteiger partial charge in [0.15, 0.2) is 0 Å². The van der Waals surface area contributed by atoms with Gasteiger partial charge in [-0.25, -0.2) is 0 Å². The molecule has 1 N–H and O–H groups in total. The number of benzene rings is 1. The molecule has 106 valence electrons. The van der Waals surface area contributed by atoms with Gasteiger partial charge in [0.25, 0.3) is 0 Å². The first-order valence-corrected chi connectivity index (χ1v) is 7.63. The van der Waals surface area contributed by atoms with E-state index in [1.54, 1.807) is 0 Å². The highest BCUT2D eigenvalue weighted by Crippen LogP contribution is 2.39. The van der Waals surface area contributed by atoms with E-state index in [-0.39, 0.29) is 0 Å². The van der Waals surface area contributed by atoms with Crippen molar-refractivity contribution in [3.63, 3.8) is 0 Å². The summed E-state index contributed by atoms with van der Waals surface area (Å²) >= 11 is 12.4. The zero-order chi connectivity index (χ0) is 14.0. The number of nitrogens with one attached hydrogen (secondary N) is 1. The average Bonchev–Trinajstić information content (AvgIpc) is 2.68. The molecule has 0 amide bonds. The van der Waals surface area contributed by atoms with Crippen LogP contribution in [0.3, 0.4) is 0 Å². The van der Waals surface area contributed by atoms with Gasteiger partial charge in [0, 0.05) is 28.7 Å². The molecule has 19 heavy (non-hydrogen) atoms. The van der Waals surface area contributed by atoms with Crippen LogP contribution in [-0.2, 0) is 0 Å². The van der Waals surface area contributed by atoms with Crippen molar-refractivity contribution in [2.45, 2.75) is 32.4 Å². The Labute approximate surface area is 126 Å². The standard InChI is InChI=1S/C15H22Cl2N2/c1-10(2)18-9-11-6-7-19(3)15(11)13-5-4-12(16)8-14(13)17/h4-5,8,10-11,15,18H,6-7,9H2,1-3H3. The summed E-state index contributed by atoms with van der Waals surface area (Å²) in [5.74, 6) is 0.603. The van der Waals surface area contributed by atoms with Crippen LogP contribution in [0, 0.1) is 5.92 Å². The maximum absolute atomic E-state index is 6.37. The monoisotopic (exact) mass is 300 g/mol. The lowest BCUT2D eigenvalue weighted by Crippen LogP contribution is -2.32. The summed E-state index contributed by atoms with van der Waals surface area (Å²) in [5.41, 5.74) is 1.20. The minimum atomic E-state index is 0.385. The third-order valence-electron chi connectivity index (χ3n) is 3.84. The van der Waals surface area contributed by atoms with Crippen molar-refractivity contribution in [1.82, 2.24) is 10.2 Å². The molecular formula is C15H22Cl2N2. The molecule has 2 atom stereocenters. The van der Waals surface area contributed by atoms with Crippen LogP contribution in [-0.4, -0.2) is 31.1 Å². The van der Waals surface area contributed by atoms with Gasteiger partial charge in [0.1, 0.15) is 0 Å². The predicted molar refractivity (Wildman–Crippen MR) is 83.1 cm³/mol. The highest BCUT2D eigenvalue weighted by molar-refractivity contribution is 6.35. The normalized spacial score (nSPS) is 24.3. The average molecular weight is 301 g/mol. The maximum atomic E-state index is 6.37. The fourth-order valence-electron chi connectivity index (χ4n) is 2.86. The first kappa shape index (κ1) is 15.1. The van der Waals surface area contributed by atoms with Gasteiger partial charge in [-0.05, 0) is 43.6 Å². The Morgan fingerprint density at radius 2 is 2.11 bits per heavy atom. The molecule has 0 bridgehead atoms. The zero-order valence-electron chi connectivity index (χ0n) is 11.8. The van der Waals surface area contributed by atoms with Crippen LogP contribution in [0.25, 0.3) is 0 Å². The summed E-state index contributed by atoms with van der Waals surface area (Å²) in [6.07, 6.45) is 1.21. The molecular weight excluding hydrogens is 279 g/mol. The fourth-order valence-corrected chi connectivity index (χ4v) is 3.38. The van der Waals surface area contributed by atoms with Gasteiger partial charge >= 0.3 is 0 Å². The van der Waals surface area contributed by atoms with Crippen LogP contribution in [0.5, 0.6) is 0 Å². The molecule has 0 spiro atoms. The van der Waals surface area contributed by atoms with Crippen molar-refractivity contribution in [2.24, 2.45) is 5.92 Å². The minimum absolute atomic E-state index is 0.385. The maximum Gasteiger partial charge on any atom is 0.0468 e. The van der Waals surface area contributed by atoms with Crippen molar-refractivity contribution >= 4 is 23.2 Å². The summed E-state index contributed by atoms with van der Waals surface area (Å²) < 4.78 is 0. The molecule has 2 nitrogen and oxygen atoms in total. The van der Waals surface area contributed by atoms with Crippen LogP contribution in [0.1, 0.15) is 31.9 Å². The second kappa shape index (κ2) is 6.45. The molecule has 1 saturated heterocycles. The molecule has 0 radical (unpaired) electrons. The summed E-state index contributed by atoms with van der Waals surface area (Å²) in [4.78, 5) is 2.39. The Bertz CT molecular complexity index is 434. The number of nitrogens with zero attached hydrogens (tertiary/aromatic N) is 1. The van der Waals surface area contributed by atoms with Gasteiger partial charge < -0.3 is 5.32 Å². The van der Waals surface area contributed by atoms with Gasteiger partial charge in [-0.2, -0.15) is 0 Å². The molecule has 1 aliphatic heterocycles. The van der Waals surface area contributed by atoms with E-state index < -0.39 is 0 Å². The highest BCUT2D eigenvalue weighted by Gasteiger charge is 2.33. The number of hydrogen-bond donors (Lipinski definition) is 1. The number of likely N-dealkylation sites (tertiary alicyclic amines) is 1. The van der Waals surface area contributed by atoms with E-state index in [1.165, 1.54) is 12.0 Å². The Balaban J connectivity index is 2.18. The molecule has 4 heteroatoms. The number of rotatable bonds is 4. The predicted octanol–water partition coefficient (Wildman–Crippen LogP) is 3.98. The Morgan fingerprint density at radius 1 is 1.37 bits per heavy atom. The number of hydrogen-bond acceptors (Lipinski definition) is 2. The molecule has 2 unspecified atom stereocenters. The summed E-state index contributed by atoms with van der Waals surface area (Å²) in [5, 5.41) is 5.02. The quantitative estimate of drug-likeness (QED) is 0.905. The second-order valence-corrected chi connectivity index (χ2v) is 6.55. The van der Waals surface area contributed by atoms with Crippen molar-refractivity contribution in [2.75, 3.05) is 20.1 Å². The molecule has 1 aromatic carbocycles. The molecule has 1 aliphatic rings. The van der Waals surface area contributed by atoms with Gasteiger partial charge in [0.2, 0.25) is 0 Å². The lowest BCUT2D eigenvalue weighted by Gasteiger charge is -2.27. The molecule has 2 rings (SSSR count). The summed E-state index contributed by atoms with van der Waals surface area (Å²) in [6.45, 7) is 6.52. The lowest BCUT2D eigenvalue weighted by atomic mass is 9.93. The molecule has 1 heterocycles. The molecule has 0 aliphatic carbocycles. The van der Waals surface area contributed by atoms with Crippen LogP contribution < -0.4 is 5.32 Å². The minimum Gasteiger partial charge on any atom is -0.314 e. The highest BCUT2D eigenvalue weighted by atomic mass is 35.5. The Hall–Kier alpha value is -0.280. The van der Waals surface area contributed by atoms with E-state index in [9.17, 15) is 0 Å². The Morgan fingerprint density at radius 3 is 2.74 bits per heavy atom.